The van der Waals surface area contributed by atoms with Crippen LogP contribution in [0.25, 0.3) is 10.2 Å². The Morgan fingerprint density at radius 3 is 2.59 bits per heavy atom. The summed E-state index contributed by atoms with van der Waals surface area (Å²) in [6, 6.07) is 16.7. The first-order valence-corrected chi connectivity index (χ1v) is 10.0. The lowest BCUT2D eigenvalue weighted by atomic mass is 10.1. The minimum Gasteiger partial charge on any atom is -0.278 e. The fourth-order valence-electron chi connectivity index (χ4n) is 3.23. The highest BCUT2D eigenvalue weighted by atomic mass is 32.1. The average Bonchev–Trinajstić information content (AvgIpc) is 3.12. The lowest BCUT2D eigenvalue weighted by Crippen LogP contribution is -2.33. The number of hydrogen-bond acceptors (Lipinski definition) is 5. The maximum atomic E-state index is 13.4. The molecule has 0 saturated carbocycles. The molecule has 0 radical (unpaired) electrons. The lowest BCUT2D eigenvalue weighted by molar-refractivity contribution is 0.0978. The number of rotatable bonds is 4. The van der Waals surface area contributed by atoms with E-state index < -0.39 is 0 Å². The van der Waals surface area contributed by atoms with Crippen molar-refractivity contribution in [3.8, 4) is 0 Å². The maximum absolute atomic E-state index is 13.4. The third-order valence-electron chi connectivity index (χ3n) is 4.65. The van der Waals surface area contributed by atoms with Crippen LogP contribution in [-0.2, 0) is 13.6 Å². The van der Waals surface area contributed by atoms with Gasteiger partial charge in [0.15, 0.2) is 5.13 Å². The number of fused-ring (bicyclic) bond motifs is 1. The average molecular weight is 404 g/mol. The Morgan fingerprint density at radius 1 is 1.10 bits per heavy atom. The van der Waals surface area contributed by atoms with E-state index in [1.807, 2.05) is 43.3 Å². The minimum atomic E-state index is -0.294. The number of anilines is 1. The smallest absolute Gasteiger partial charge is 0.278 e. The molecule has 4 rings (SSSR count). The van der Waals surface area contributed by atoms with Crippen LogP contribution in [0, 0.1) is 13.8 Å². The van der Waals surface area contributed by atoms with E-state index >= 15 is 0 Å². The zero-order valence-corrected chi connectivity index (χ0v) is 17.2. The normalized spacial score (nSPS) is 11.0. The Hall–Kier alpha value is -3.32. The van der Waals surface area contributed by atoms with Crippen LogP contribution in [0.5, 0.6) is 0 Å². The molecular formula is C22H20N4O2S. The van der Waals surface area contributed by atoms with Gasteiger partial charge in [-0.15, -0.1) is 0 Å². The molecule has 2 heterocycles. The summed E-state index contributed by atoms with van der Waals surface area (Å²) in [6.07, 6.45) is 0. The van der Waals surface area contributed by atoms with Gasteiger partial charge in [0.2, 0.25) is 0 Å². The molecule has 0 spiro atoms. The quantitative estimate of drug-likeness (QED) is 0.518. The van der Waals surface area contributed by atoms with E-state index in [2.05, 4.69) is 18.1 Å². The lowest BCUT2D eigenvalue weighted by Gasteiger charge is -2.19. The van der Waals surface area contributed by atoms with Crippen LogP contribution < -0.4 is 10.5 Å². The van der Waals surface area contributed by atoms with E-state index in [-0.39, 0.29) is 17.2 Å². The molecule has 29 heavy (non-hydrogen) atoms. The number of benzene rings is 2. The van der Waals surface area contributed by atoms with Gasteiger partial charge >= 0.3 is 0 Å². The van der Waals surface area contributed by atoms with Crippen LogP contribution >= 0.6 is 11.3 Å². The van der Waals surface area contributed by atoms with E-state index in [0.717, 1.165) is 26.9 Å². The van der Waals surface area contributed by atoms with E-state index in [4.69, 9.17) is 4.98 Å². The summed E-state index contributed by atoms with van der Waals surface area (Å²) >= 11 is 1.49. The number of aromatic nitrogens is 3. The largest absolute Gasteiger partial charge is 0.280 e. The van der Waals surface area contributed by atoms with E-state index in [1.165, 1.54) is 35.2 Å². The molecule has 0 fully saturated rings. The molecule has 0 aliphatic heterocycles. The maximum Gasteiger partial charge on any atom is 0.280 e. The molecule has 0 atom stereocenters. The van der Waals surface area contributed by atoms with Gasteiger partial charge < -0.3 is 0 Å². The molecule has 4 aromatic rings. The summed E-state index contributed by atoms with van der Waals surface area (Å²) in [5.41, 5.74) is 4.07. The second-order valence-corrected chi connectivity index (χ2v) is 7.96. The molecule has 146 valence electrons. The van der Waals surface area contributed by atoms with Crippen LogP contribution in [-0.4, -0.2) is 20.7 Å². The van der Waals surface area contributed by atoms with Crippen LogP contribution in [0.15, 0.2) is 59.4 Å². The van der Waals surface area contributed by atoms with Crippen LogP contribution in [0.4, 0.5) is 5.13 Å². The first-order chi connectivity index (χ1) is 13.9. The number of hydrogen-bond donors (Lipinski definition) is 0. The van der Waals surface area contributed by atoms with Gasteiger partial charge in [-0.25, -0.2) is 9.67 Å². The number of carbonyl (C=O) groups excluding carboxylic acids is 1. The monoisotopic (exact) mass is 404 g/mol. The molecule has 1 amide bonds. The van der Waals surface area contributed by atoms with Crippen molar-refractivity contribution in [2.45, 2.75) is 20.4 Å². The predicted octanol–water partition coefficient (Wildman–Crippen LogP) is 3.85. The van der Waals surface area contributed by atoms with Crippen molar-refractivity contribution >= 4 is 32.6 Å². The van der Waals surface area contributed by atoms with Crippen molar-refractivity contribution in [2.24, 2.45) is 7.05 Å². The third kappa shape index (κ3) is 3.82. The molecular weight excluding hydrogens is 384 g/mol. The number of amides is 1. The van der Waals surface area contributed by atoms with Crippen LogP contribution in [0.1, 0.15) is 27.2 Å². The van der Waals surface area contributed by atoms with Crippen molar-refractivity contribution in [3.05, 3.63) is 87.3 Å². The Bertz CT molecular complexity index is 1260. The van der Waals surface area contributed by atoms with Gasteiger partial charge in [-0.05, 0) is 42.7 Å². The van der Waals surface area contributed by atoms with Gasteiger partial charge in [0.05, 0.1) is 16.8 Å². The molecule has 0 aliphatic carbocycles. The fraction of sp³-hybridized carbons (Fsp3) is 0.182. The van der Waals surface area contributed by atoms with E-state index in [0.29, 0.717) is 11.7 Å². The van der Waals surface area contributed by atoms with Gasteiger partial charge in [-0.3, -0.25) is 14.5 Å². The van der Waals surface area contributed by atoms with Gasteiger partial charge in [0.1, 0.15) is 5.69 Å². The van der Waals surface area contributed by atoms with Gasteiger partial charge in [-0.1, -0.05) is 47.7 Å². The van der Waals surface area contributed by atoms with E-state index in [9.17, 15) is 9.59 Å². The van der Waals surface area contributed by atoms with Crippen LogP contribution in [0.3, 0.4) is 0 Å². The molecule has 0 bridgehead atoms. The SMILES string of the molecule is Cc1cc(C)c2sc(N(Cc3ccccc3)C(=O)c3ccc(=O)n(C)n3)nc2c1. The molecule has 2 aromatic carbocycles. The first-order valence-electron chi connectivity index (χ1n) is 9.20. The highest BCUT2D eigenvalue weighted by Gasteiger charge is 2.23. The molecule has 6 nitrogen and oxygen atoms in total. The Balaban J connectivity index is 1.81. The standard InChI is InChI=1S/C22H20N4O2S/c1-14-11-15(2)20-18(12-14)23-22(29-20)26(13-16-7-5-4-6-8-16)21(28)17-9-10-19(27)25(3)24-17/h4-12H,13H2,1-3H3. The fourth-order valence-corrected chi connectivity index (χ4v) is 4.24. The van der Waals surface area contributed by atoms with Gasteiger partial charge in [0, 0.05) is 13.1 Å². The minimum absolute atomic E-state index is 0.204. The topological polar surface area (TPSA) is 68.1 Å². The van der Waals surface area contributed by atoms with Crippen molar-refractivity contribution < 1.29 is 4.79 Å². The Labute approximate surface area is 172 Å². The Kier molecular flexibility index (Phi) is 4.98. The summed E-state index contributed by atoms with van der Waals surface area (Å²) in [7, 11) is 1.53. The summed E-state index contributed by atoms with van der Waals surface area (Å²) < 4.78 is 2.23. The molecule has 0 aliphatic rings. The summed E-state index contributed by atoms with van der Waals surface area (Å²) in [4.78, 5) is 31.4. The second-order valence-electron chi connectivity index (χ2n) is 6.98. The molecule has 0 saturated heterocycles. The summed E-state index contributed by atoms with van der Waals surface area (Å²) in [6.45, 7) is 4.45. The second kappa shape index (κ2) is 7.60. The number of nitrogens with zero attached hydrogens (tertiary/aromatic N) is 4. The number of aryl methyl sites for hydroxylation is 3. The molecule has 2 aromatic heterocycles. The Morgan fingerprint density at radius 2 is 1.86 bits per heavy atom. The zero-order chi connectivity index (χ0) is 20.5. The van der Waals surface area contributed by atoms with Crippen molar-refractivity contribution in [1.29, 1.82) is 0 Å². The van der Waals surface area contributed by atoms with Crippen molar-refractivity contribution in [2.75, 3.05) is 4.90 Å². The first kappa shape index (κ1) is 19.0. The molecule has 0 N–H and O–H groups in total. The highest BCUT2D eigenvalue weighted by Crippen LogP contribution is 2.33. The van der Waals surface area contributed by atoms with Crippen molar-refractivity contribution in [3.63, 3.8) is 0 Å². The van der Waals surface area contributed by atoms with Crippen molar-refractivity contribution in [1.82, 2.24) is 14.8 Å². The van der Waals surface area contributed by atoms with Gasteiger partial charge in [-0.2, -0.15) is 5.10 Å². The third-order valence-corrected chi connectivity index (χ3v) is 5.88. The highest BCUT2D eigenvalue weighted by molar-refractivity contribution is 7.22. The summed E-state index contributed by atoms with van der Waals surface area (Å²) in [5, 5.41) is 4.75. The number of thiazole rings is 1. The van der Waals surface area contributed by atoms with Gasteiger partial charge in [0.25, 0.3) is 11.5 Å². The summed E-state index contributed by atoms with van der Waals surface area (Å²) in [5.74, 6) is -0.294. The number of carbonyl (C=O) groups is 1. The van der Waals surface area contributed by atoms with E-state index in [1.54, 1.807) is 4.90 Å². The molecule has 7 heteroatoms. The molecule has 0 unspecified atom stereocenters. The zero-order valence-electron chi connectivity index (χ0n) is 16.4. The predicted molar refractivity (Wildman–Crippen MR) is 116 cm³/mol. The van der Waals surface area contributed by atoms with Crippen LogP contribution in [0.2, 0.25) is 0 Å².